The largest absolute Gasteiger partial charge is 0.299 e. The maximum Gasteiger partial charge on any atom is 0.142 e. The van der Waals surface area contributed by atoms with Crippen molar-refractivity contribution in [1.82, 2.24) is 9.59 Å². The molecule has 1 aliphatic rings. The van der Waals surface area contributed by atoms with E-state index in [0.717, 1.165) is 12.1 Å². The fourth-order valence-electron chi connectivity index (χ4n) is 2.37. The SMILES string of the molecule is CC1CCCCC1C(=O)Cc1csnn1. The number of Topliss-reactive ketones (excluding diaryl/α,β-unsaturated/α-hetero) is 1. The van der Waals surface area contributed by atoms with E-state index in [2.05, 4.69) is 16.5 Å². The number of hydrogen-bond acceptors (Lipinski definition) is 4. The molecule has 1 fully saturated rings. The van der Waals surface area contributed by atoms with Crippen LogP contribution in [0.4, 0.5) is 0 Å². The predicted molar refractivity (Wildman–Crippen MR) is 59.7 cm³/mol. The Hall–Kier alpha value is -0.770. The molecule has 3 nitrogen and oxygen atoms in total. The zero-order valence-corrected chi connectivity index (χ0v) is 9.80. The molecular formula is C11H16N2OS. The molecule has 1 aromatic rings. The number of carbonyl (C=O) groups is 1. The Morgan fingerprint density at radius 3 is 3.00 bits per heavy atom. The third kappa shape index (κ3) is 2.62. The van der Waals surface area contributed by atoms with Gasteiger partial charge < -0.3 is 0 Å². The minimum absolute atomic E-state index is 0.264. The van der Waals surface area contributed by atoms with Gasteiger partial charge in [0.25, 0.3) is 0 Å². The first-order valence-electron chi connectivity index (χ1n) is 5.56. The molecule has 2 atom stereocenters. The van der Waals surface area contributed by atoms with E-state index in [0.29, 0.717) is 18.1 Å². The van der Waals surface area contributed by atoms with E-state index in [1.54, 1.807) is 0 Å². The molecule has 0 spiro atoms. The molecule has 1 heterocycles. The van der Waals surface area contributed by atoms with Crippen LogP contribution >= 0.6 is 11.5 Å². The molecule has 2 rings (SSSR count). The lowest BCUT2D eigenvalue weighted by atomic mass is 9.77. The van der Waals surface area contributed by atoms with E-state index in [1.807, 2.05) is 5.38 Å². The van der Waals surface area contributed by atoms with Crippen LogP contribution in [0.2, 0.25) is 0 Å². The van der Waals surface area contributed by atoms with E-state index >= 15 is 0 Å². The molecule has 1 aromatic heterocycles. The molecule has 0 aromatic carbocycles. The number of nitrogens with zero attached hydrogens (tertiary/aromatic N) is 2. The fraction of sp³-hybridized carbons (Fsp3) is 0.727. The molecule has 0 bridgehead atoms. The molecule has 0 N–H and O–H groups in total. The summed E-state index contributed by atoms with van der Waals surface area (Å²) < 4.78 is 3.78. The van der Waals surface area contributed by atoms with Gasteiger partial charge in [0, 0.05) is 11.3 Å². The van der Waals surface area contributed by atoms with Crippen LogP contribution < -0.4 is 0 Å². The molecule has 0 saturated heterocycles. The zero-order chi connectivity index (χ0) is 10.7. The highest BCUT2D eigenvalue weighted by Gasteiger charge is 2.27. The fourth-order valence-corrected chi connectivity index (χ4v) is 2.82. The smallest absolute Gasteiger partial charge is 0.142 e. The summed E-state index contributed by atoms with van der Waals surface area (Å²) in [4.78, 5) is 12.0. The summed E-state index contributed by atoms with van der Waals surface area (Å²) in [7, 11) is 0. The van der Waals surface area contributed by atoms with Gasteiger partial charge in [0.1, 0.15) is 5.78 Å². The normalized spacial score (nSPS) is 26.5. The van der Waals surface area contributed by atoms with Crippen molar-refractivity contribution < 1.29 is 4.79 Å². The van der Waals surface area contributed by atoms with E-state index < -0.39 is 0 Å². The lowest BCUT2D eigenvalue weighted by Crippen LogP contribution is -2.26. The summed E-state index contributed by atoms with van der Waals surface area (Å²) in [6.07, 6.45) is 5.23. The molecule has 4 heteroatoms. The van der Waals surface area contributed by atoms with Crippen molar-refractivity contribution in [2.45, 2.75) is 39.0 Å². The van der Waals surface area contributed by atoms with Gasteiger partial charge in [0.15, 0.2) is 0 Å². The molecule has 0 radical (unpaired) electrons. The first-order valence-corrected chi connectivity index (χ1v) is 6.39. The van der Waals surface area contributed by atoms with Gasteiger partial charge in [-0.25, -0.2) is 0 Å². The van der Waals surface area contributed by atoms with Crippen molar-refractivity contribution in [3.63, 3.8) is 0 Å². The summed E-state index contributed by atoms with van der Waals surface area (Å²) in [6, 6.07) is 0. The second-order valence-electron chi connectivity index (χ2n) is 4.41. The van der Waals surface area contributed by atoms with Crippen LogP contribution in [0.15, 0.2) is 5.38 Å². The highest BCUT2D eigenvalue weighted by Crippen LogP contribution is 2.30. The highest BCUT2D eigenvalue weighted by atomic mass is 32.1. The Morgan fingerprint density at radius 2 is 2.33 bits per heavy atom. The predicted octanol–water partition coefficient (Wildman–Crippen LogP) is 2.48. The quantitative estimate of drug-likeness (QED) is 0.792. The summed E-state index contributed by atoms with van der Waals surface area (Å²) in [5.41, 5.74) is 0.836. The third-order valence-corrected chi connectivity index (χ3v) is 3.84. The van der Waals surface area contributed by atoms with Crippen LogP contribution in [0, 0.1) is 11.8 Å². The van der Waals surface area contributed by atoms with Crippen molar-refractivity contribution in [2.24, 2.45) is 11.8 Å². The van der Waals surface area contributed by atoms with Crippen LogP contribution in [0.1, 0.15) is 38.3 Å². The second-order valence-corrected chi connectivity index (χ2v) is 5.02. The van der Waals surface area contributed by atoms with Crippen molar-refractivity contribution in [3.8, 4) is 0 Å². The number of rotatable bonds is 3. The lowest BCUT2D eigenvalue weighted by Gasteiger charge is -2.27. The molecule has 15 heavy (non-hydrogen) atoms. The van der Waals surface area contributed by atoms with Crippen LogP contribution in [0.25, 0.3) is 0 Å². The number of carbonyl (C=O) groups excluding carboxylic acids is 1. The maximum absolute atomic E-state index is 12.0. The van der Waals surface area contributed by atoms with Crippen molar-refractivity contribution in [2.75, 3.05) is 0 Å². The van der Waals surface area contributed by atoms with Gasteiger partial charge >= 0.3 is 0 Å². The Morgan fingerprint density at radius 1 is 1.53 bits per heavy atom. The topological polar surface area (TPSA) is 42.9 Å². The molecule has 1 aliphatic carbocycles. The standard InChI is InChI=1S/C11H16N2OS/c1-8-4-2-3-5-10(8)11(14)6-9-7-15-13-12-9/h7-8,10H,2-6H2,1H3. The Bertz CT molecular complexity index is 323. The van der Waals surface area contributed by atoms with E-state index in [-0.39, 0.29) is 5.92 Å². The Balaban J connectivity index is 1.95. The summed E-state index contributed by atoms with van der Waals surface area (Å²) in [5, 5.41) is 5.79. The van der Waals surface area contributed by atoms with E-state index in [1.165, 1.54) is 30.8 Å². The average Bonchev–Trinajstić information content (AvgIpc) is 2.71. The summed E-state index contributed by atoms with van der Waals surface area (Å²) in [5.74, 6) is 1.17. The van der Waals surface area contributed by atoms with Gasteiger partial charge in [-0.3, -0.25) is 4.79 Å². The maximum atomic E-state index is 12.0. The molecular weight excluding hydrogens is 208 g/mol. The second kappa shape index (κ2) is 4.84. The molecule has 82 valence electrons. The van der Waals surface area contributed by atoms with Crippen molar-refractivity contribution >= 4 is 17.3 Å². The first-order chi connectivity index (χ1) is 7.27. The Labute approximate surface area is 94.1 Å². The molecule has 0 amide bonds. The number of hydrogen-bond donors (Lipinski definition) is 0. The molecule has 0 aliphatic heterocycles. The van der Waals surface area contributed by atoms with Gasteiger partial charge in [-0.15, -0.1) is 5.10 Å². The zero-order valence-electron chi connectivity index (χ0n) is 8.98. The minimum Gasteiger partial charge on any atom is -0.299 e. The average molecular weight is 224 g/mol. The Kier molecular flexibility index (Phi) is 3.46. The highest BCUT2D eigenvalue weighted by molar-refractivity contribution is 7.03. The van der Waals surface area contributed by atoms with Gasteiger partial charge in [-0.05, 0) is 23.9 Å². The van der Waals surface area contributed by atoms with Gasteiger partial charge in [0.2, 0.25) is 0 Å². The number of ketones is 1. The third-order valence-electron chi connectivity index (χ3n) is 3.29. The van der Waals surface area contributed by atoms with Crippen molar-refractivity contribution in [1.29, 1.82) is 0 Å². The monoisotopic (exact) mass is 224 g/mol. The molecule has 2 unspecified atom stereocenters. The summed E-state index contributed by atoms with van der Waals surface area (Å²) >= 11 is 1.32. The number of aromatic nitrogens is 2. The van der Waals surface area contributed by atoms with Gasteiger partial charge in [-0.2, -0.15) is 0 Å². The van der Waals surface area contributed by atoms with Crippen LogP contribution in [0.5, 0.6) is 0 Å². The van der Waals surface area contributed by atoms with Crippen LogP contribution in [-0.4, -0.2) is 15.4 Å². The minimum atomic E-state index is 0.264. The van der Waals surface area contributed by atoms with Gasteiger partial charge in [0.05, 0.1) is 12.1 Å². The van der Waals surface area contributed by atoms with Crippen LogP contribution in [0.3, 0.4) is 0 Å². The van der Waals surface area contributed by atoms with E-state index in [9.17, 15) is 4.79 Å². The van der Waals surface area contributed by atoms with E-state index in [4.69, 9.17) is 0 Å². The van der Waals surface area contributed by atoms with Crippen LogP contribution in [-0.2, 0) is 11.2 Å². The molecule has 1 saturated carbocycles. The van der Waals surface area contributed by atoms with Crippen molar-refractivity contribution in [3.05, 3.63) is 11.1 Å². The lowest BCUT2D eigenvalue weighted by molar-refractivity contribution is -0.124. The van der Waals surface area contributed by atoms with Gasteiger partial charge in [-0.1, -0.05) is 30.7 Å². The summed E-state index contributed by atoms with van der Waals surface area (Å²) in [6.45, 7) is 2.20. The first kappa shape index (κ1) is 10.7.